The van der Waals surface area contributed by atoms with Crippen molar-refractivity contribution >= 4 is 0 Å². The highest BCUT2D eigenvalue weighted by atomic mass is 16.5. The van der Waals surface area contributed by atoms with Gasteiger partial charge < -0.3 is 15.2 Å². The fraction of sp³-hybridized carbons (Fsp3) is 1.00. The van der Waals surface area contributed by atoms with E-state index in [2.05, 4.69) is 19.2 Å². The van der Waals surface area contributed by atoms with Crippen molar-refractivity contribution in [3.63, 3.8) is 0 Å². The maximum absolute atomic E-state index is 10.5. The number of rotatable bonds is 5. The SMILES string of the molecule is COCC(C)(C)NCC1(O)CCCCCC1. The van der Waals surface area contributed by atoms with Crippen molar-refractivity contribution in [2.24, 2.45) is 0 Å². The summed E-state index contributed by atoms with van der Waals surface area (Å²) >= 11 is 0. The molecule has 3 nitrogen and oxygen atoms in total. The van der Waals surface area contributed by atoms with Gasteiger partial charge in [-0.15, -0.1) is 0 Å². The molecule has 1 rings (SSSR count). The maximum Gasteiger partial charge on any atom is 0.0771 e. The van der Waals surface area contributed by atoms with E-state index in [0.29, 0.717) is 13.2 Å². The standard InChI is InChI=1S/C13H27NO2/c1-12(2,11-16-3)14-10-13(15)8-6-4-5-7-9-13/h14-15H,4-11H2,1-3H3. The number of β-amino-alcohol motifs (C(OH)–C–C–N with tert-alkyl or cyclic N) is 1. The molecule has 2 N–H and O–H groups in total. The largest absolute Gasteiger partial charge is 0.389 e. The predicted octanol–water partition coefficient (Wildman–Crippen LogP) is 2.09. The van der Waals surface area contributed by atoms with E-state index in [1.54, 1.807) is 7.11 Å². The molecular weight excluding hydrogens is 202 g/mol. The first-order valence-corrected chi connectivity index (χ1v) is 6.44. The molecule has 96 valence electrons. The van der Waals surface area contributed by atoms with E-state index in [0.717, 1.165) is 25.7 Å². The molecule has 0 heterocycles. The van der Waals surface area contributed by atoms with E-state index in [1.165, 1.54) is 12.8 Å². The summed E-state index contributed by atoms with van der Waals surface area (Å²) < 4.78 is 5.16. The molecular formula is C13H27NO2. The first-order chi connectivity index (χ1) is 7.47. The predicted molar refractivity (Wildman–Crippen MR) is 66.6 cm³/mol. The van der Waals surface area contributed by atoms with Crippen LogP contribution in [-0.2, 0) is 4.74 Å². The van der Waals surface area contributed by atoms with Crippen LogP contribution in [0, 0.1) is 0 Å². The van der Waals surface area contributed by atoms with Gasteiger partial charge in [-0.05, 0) is 26.7 Å². The summed E-state index contributed by atoms with van der Waals surface area (Å²) in [7, 11) is 1.71. The Kier molecular flexibility index (Phi) is 5.22. The third-order valence-corrected chi connectivity index (χ3v) is 3.44. The number of nitrogens with one attached hydrogen (secondary N) is 1. The van der Waals surface area contributed by atoms with Gasteiger partial charge in [-0.25, -0.2) is 0 Å². The lowest BCUT2D eigenvalue weighted by Gasteiger charge is -2.33. The second-order valence-corrected chi connectivity index (χ2v) is 5.81. The van der Waals surface area contributed by atoms with Crippen LogP contribution in [0.15, 0.2) is 0 Å². The minimum absolute atomic E-state index is 0.0587. The Morgan fingerprint density at radius 1 is 1.19 bits per heavy atom. The molecule has 0 aliphatic heterocycles. The maximum atomic E-state index is 10.5. The van der Waals surface area contributed by atoms with Gasteiger partial charge in [0.15, 0.2) is 0 Å². The van der Waals surface area contributed by atoms with Crippen LogP contribution in [0.5, 0.6) is 0 Å². The Bertz CT molecular complexity index is 196. The third-order valence-electron chi connectivity index (χ3n) is 3.44. The zero-order valence-electron chi connectivity index (χ0n) is 11.0. The average Bonchev–Trinajstić information content (AvgIpc) is 2.41. The lowest BCUT2D eigenvalue weighted by atomic mass is 9.93. The molecule has 1 fully saturated rings. The number of ether oxygens (including phenoxy) is 1. The fourth-order valence-corrected chi connectivity index (χ4v) is 2.38. The quantitative estimate of drug-likeness (QED) is 0.709. The van der Waals surface area contributed by atoms with Crippen molar-refractivity contribution < 1.29 is 9.84 Å². The van der Waals surface area contributed by atoms with Crippen LogP contribution >= 0.6 is 0 Å². The van der Waals surface area contributed by atoms with Crippen molar-refractivity contribution in [2.75, 3.05) is 20.3 Å². The van der Waals surface area contributed by atoms with E-state index in [9.17, 15) is 5.11 Å². The number of hydrogen-bond donors (Lipinski definition) is 2. The van der Waals surface area contributed by atoms with Crippen molar-refractivity contribution in [1.82, 2.24) is 5.32 Å². The summed E-state index contributed by atoms with van der Waals surface area (Å²) in [6, 6.07) is 0. The van der Waals surface area contributed by atoms with E-state index in [1.807, 2.05) is 0 Å². The molecule has 0 atom stereocenters. The summed E-state index contributed by atoms with van der Waals surface area (Å²) in [5.74, 6) is 0. The van der Waals surface area contributed by atoms with E-state index in [-0.39, 0.29) is 5.54 Å². The van der Waals surface area contributed by atoms with Crippen molar-refractivity contribution in [2.45, 2.75) is 63.5 Å². The molecule has 1 saturated carbocycles. The van der Waals surface area contributed by atoms with Crippen LogP contribution in [0.1, 0.15) is 52.4 Å². The average molecular weight is 229 g/mol. The smallest absolute Gasteiger partial charge is 0.0771 e. The van der Waals surface area contributed by atoms with Gasteiger partial charge in [0.2, 0.25) is 0 Å². The van der Waals surface area contributed by atoms with Gasteiger partial charge >= 0.3 is 0 Å². The number of aliphatic hydroxyl groups is 1. The molecule has 1 aliphatic carbocycles. The molecule has 16 heavy (non-hydrogen) atoms. The molecule has 0 radical (unpaired) electrons. The monoisotopic (exact) mass is 229 g/mol. The van der Waals surface area contributed by atoms with Gasteiger partial charge in [-0.2, -0.15) is 0 Å². The first-order valence-electron chi connectivity index (χ1n) is 6.44. The van der Waals surface area contributed by atoms with Gasteiger partial charge in [0.25, 0.3) is 0 Å². The molecule has 0 bridgehead atoms. The van der Waals surface area contributed by atoms with Gasteiger partial charge in [-0.3, -0.25) is 0 Å². The van der Waals surface area contributed by atoms with Gasteiger partial charge in [0.1, 0.15) is 0 Å². The third kappa shape index (κ3) is 4.81. The zero-order valence-corrected chi connectivity index (χ0v) is 11.0. The molecule has 0 spiro atoms. The van der Waals surface area contributed by atoms with Crippen molar-refractivity contribution in [1.29, 1.82) is 0 Å². The first kappa shape index (κ1) is 13.9. The van der Waals surface area contributed by atoms with Crippen molar-refractivity contribution in [3.05, 3.63) is 0 Å². The number of hydrogen-bond acceptors (Lipinski definition) is 3. The molecule has 0 saturated heterocycles. The minimum atomic E-state index is -0.499. The normalized spacial score (nSPS) is 21.8. The van der Waals surface area contributed by atoms with E-state index >= 15 is 0 Å². The Morgan fingerprint density at radius 3 is 2.25 bits per heavy atom. The highest BCUT2D eigenvalue weighted by molar-refractivity contribution is 4.87. The number of methoxy groups -OCH3 is 1. The topological polar surface area (TPSA) is 41.5 Å². The molecule has 0 aromatic heterocycles. The molecule has 0 aromatic carbocycles. The van der Waals surface area contributed by atoms with Crippen LogP contribution < -0.4 is 5.32 Å². The summed E-state index contributed by atoms with van der Waals surface area (Å²) in [5, 5.41) is 13.9. The Morgan fingerprint density at radius 2 is 1.75 bits per heavy atom. The summed E-state index contributed by atoms with van der Waals surface area (Å²) in [6.07, 6.45) is 6.71. The van der Waals surface area contributed by atoms with Crippen LogP contribution in [0.3, 0.4) is 0 Å². The van der Waals surface area contributed by atoms with E-state index < -0.39 is 5.60 Å². The van der Waals surface area contributed by atoms with Crippen LogP contribution in [0.25, 0.3) is 0 Å². The minimum Gasteiger partial charge on any atom is -0.389 e. The van der Waals surface area contributed by atoms with Gasteiger partial charge in [0, 0.05) is 19.2 Å². The highest BCUT2D eigenvalue weighted by Gasteiger charge is 2.30. The second kappa shape index (κ2) is 5.99. The molecule has 0 aromatic rings. The lowest BCUT2D eigenvalue weighted by Crippen LogP contribution is -2.51. The summed E-state index contributed by atoms with van der Waals surface area (Å²) in [4.78, 5) is 0. The summed E-state index contributed by atoms with van der Waals surface area (Å²) in [5.41, 5.74) is -0.557. The molecule has 0 amide bonds. The summed E-state index contributed by atoms with van der Waals surface area (Å²) in [6.45, 7) is 5.57. The highest BCUT2D eigenvalue weighted by Crippen LogP contribution is 2.26. The molecule has 1 aliphatic rings. The Balaban J connectivity index is 2.39. The Labute approximate surface area is 99.6 Å². The van der Waals surface area contributed by atoms with Crippen molar-refractivity contribution in [3.8, 4) is 0 Å². The van der Waals surface area contributed by atoms with Gasteiger partial charge in [0.05, 0.1) is 12.2 Å². The van der Waals surface area contributed by atoms with Gasteiger partial charge in [-0.1, -0.05) is 25.7 Å². The molecule has 0 unspecified atom stereocenters. The second-order valence-electron chi connectivity index (χ2n) is 5.81. The van der Waals surface area contributed by atoms with Crippen LogP contribution in [0.4, 0.5) is 0 Å². The van der Waals surface area contributed by atoms with E-state index in [4.69, 9.17) is 4.74 Å². The lowest BCUT2D eigenvalue weighted by molar-refractivity contribution is 0.0128. The Hall–Kier alpha value is -0.120. The van der Waals surface area contributed by atoms with Crippen LogP contribution in [-0.4, -0.2) is 36.5 Å². The van der Waals surface area contributed by atoms with Crippen LogP contribution in [0.2, 0.25) is 0 Å². The zero-order chi connectivity index (χ0) is 12.1. The molecule has 3 heteroatoms. The fourth-order valence-electron chi connectivity index (χ4n) is 2.38.